The van der Waals surface area contributed by atoms with E-state index in [1.54, 1.807) is 25.1 Å². The number of methoxy groups -OCH3 is 1. The van der Waals surface area contributed by atoms with Crippen molar-refractivity contribution in [3.05, 3.63) is 58.4 Å². The number of carbonyl (C=O) groups is 1. The number of carbonyl (C=O) groups excluding carboxylic acids is 1. The van der Waals surface area contributed by atoms with Gasteiger partial charge in [0.25, 0.3) is 0 Å². The molecule has 0 bridgehead atoms. The molecule has 0 aliphatic heterocycles. The summed E-state index contributed by atoms with van der Waals surface area (Å²) in [7, 11) is 1.51. The first-order chi connectivity index (χ1) is 12.4. The smallest absolute Gasteiger partial charge is 0.319 e. The van der Waals surface area contributed by atoms with Crippen LogP contribution in [0.2, 0.25) is 5.02 Å². The van der Waals surface area contributed by atoms with E-state index >= 15 is 0 Å². The summed E-state index contributed by atoms with van der Waals surface area (Å²) in [4.78, 5) is 13.0. The summed E-state index contributed by atoms with van der Waals surface area (Å²) in [5.41, 5.74) is -0.724. The van der Waals surface area contributed by atoms with Crippen molar-refractivity contribution >= 4 is 44.7 Å². The standard InChI is InChI=1S/C19H19ClN2O3S/c1-19(24,17-9-12-5-3-4-6-16(12)26-17)11-21-18(23)22-14-10-13(20)7-8-15(14)25-2/h3-10,24H,11H2,1-2H3,(H2,21,22,23)/t19-/m0/s1. The minimum atomic E-state index is -1.18. The number of ether oxygens (including phenoxy) is 1. The van der Waals surface area contributed by atoms with Crippen LogP contribution in [0.5, 0.6) is 5.75 Å². The maximum absolute atomic E-state index is 12.2. The quantitative estimate of drug-likeness (QED) is 0.596. The zero-order valence-electron chi connectivity index (χ0n) is 14.4. The Bertz CT molecular complexity index is 906. The van der Waals surface area contributed by atoms with Crippen LogP contribution < -0.4 is 15.4 Å². The molecule has 2 amide bonds. The van der Waals surface area contributed by atoms with Gasteiger partial charge in [-0.3, -0.25) is 0 Å². The van der Waals surface area contributed by atoms with Crippen molar-refractivity contribution < 1.29 is 14.6 Å². The van der Waals surface area contributed by atoms with Crippen molar-refractivity contribution in [2.24, 2.45) is 0 Å². The first-order valence-electron chi connectivity index (χ1n) is 7.99. The van der Waals surface area contributed by atoms with E-state index in [4.69, 9.17) is 16.3 Å². The molecule has 26 heavy (non-hydrogen) atoms. The van der Waals surface area contributed by atoms with Gasteiger partial charge in [0.2, 0.25) is 0 Å². The molecule has 1 aromatic heterocycles. The van der Waals surface area contributed by atoms with Gasteiger partial charge in [0.05, 0.1) is 19.3 Å². The lowest BCUT2D eigenvalue weighted by molar-refractivity contribution is 0.0638. The van der Waals surface area contributed by atoms with Crippen LogP contribution in [0.25, 0.3) is 10.1 Å². The third-order valence-electron chi connectivity index (χ3n) is 3.96. The number of urea groups is 1. The first-order valence-corrected chi connectivity index (χ1v) is 9.18. The van der Waals surface area contributed by atoms with E-state index in [1.807, 2.05) is 30.3 Å². The Balaban J connectivity index is 1.67. The van der Waals surface area contributed by atoms with Crippen molar-refractivity contribution in [3.8, 4) is 5.75 Å². The summed E-state index contributed by atoms with van der Waals surface area (Å²) in [6.45, 7) is 1.74. The topological polar surface area (TPSA) is 70.6 Å². The van der Waals surface area contributed by atoms with E-state index in [-0.39, 0.29) is 6.54 Å². The van der Waals surface area contributed by atoms with E-state index in [0.717, 1.165) is 15.0 Å². The van der Waals surface area contributed by atoms with E-state index in [9.17, 15) is 9.90 Å². The molecule has 0 aliphatic rings. The first kappa shape index (κ1) is 18.5. The van der Waals surface area contributed by atoms with Gasteiger partial charge in [-0.1, -0.05) is 29.8 Å². The molecule has 7 heteroatoms. The summed E-state index contributed by atoms with van der Waals surface area (Å²) in [5, 5.41) is 17.7. The zero-order valence-corrected chi connectivity index (χ0v) is 15.9. The van der Waals surface area contributed by atoms with Crippen LogP contribution in [0.1, 0.15) is 11.8 Å². The molecule has 1 atom stereocenters. The Morgan fingerprint density at radius 2 is 2.04 bits per heavy atom. The van der Waals surface area contributed by atoms with Crippen LogP contribution in [0.15, 0.2) is 48.5 Å². The fraction of sp³-hybridized carbons (Fsp3) is 0.211. The van der Waals surface area contributed by atoms with Crippen LogP contribution >= 0.6 is 22.9 Å². The third-order valence-corrected chi connectivity index (χ3v) is 5.56. The van der Waals surface area contributed by atoms with Crippen molar-refractivity contribution in [1.82, 2.24) is 5.32 Å². The van der Waals surface area contributed by atoms with Gasteiger partial charge in [-0.2, -0.15) is 0 Å². The number of halogens is 1. The highest BCUT2D eigenvalue weighted by molar-refractivity contribution is 7.19. The predicted octanol–water partition coefficient (Wildman–Crippen LogP) is 4.59. The van der Waals surface area contributed by atoms with Gasteiger partial charge in [0, 0.05) is 14.6 Å². The highest BCUT2D eigenvalue weighted by Gasteiger charge is 2.26. The number of fused-ring (bicyclic) bond motifs is 1. The normalized spacial score (nSPS) is 13.2. The Morgan fingerprint density at radius 1 is 1.27 bits per heavy atom. The molecule has 3 rings (SSSR count). The average Bonchev–Trinajstić information content (AvgIpc) is 3.05. The van der Waals surface area contributed by atoms with E-state index in [2.05, 4.69) is 10.6 Å². The van der Waals surface area contributed by atoms with Crippen molar-refractivity contribution in [2.75, 3.05) is 19.0 Å². The van der Waals surface area contributed by atoms with Gasteiger partial charge in [0.15, 0.2) is 0 Å². The summed E-state index contributed by atoms with van der Waals surface area (Å²) in [6.07, 6.45) is 0. The van der Waals surface area contributed by atoms with Crippen LogP contribution in [0.3, 0.4) is 0 Å². The van der Waals surface area contributed by atoms with Gasteiger partial charge >= 0.3 is 6.03 Å². The molecule has 0 spiro atoms. The molecule has 0 fully saturated rings. The molecule has 0 unspecified atom stereocenters. The van der Waals surface area contributed by atoms with Crippen LogP contribution in [0.4, 0.5) is 10.5 Å². The Kier molecular flexibility index (Phi) is 5.36. The van der Waals surface area contributed by atoms with Crippen molar-refractivity contribution in [1.29, 1.82) is 0 Å². The minimum absolute atomic E-state index is 0.0640. The van der Waals surface area contributed by atoms with Crippen LogP contribution in [-0.4, -0.2) is 24.8 Å². The SMILES string of the molecule is COc1ccc(Cl)cc1NC(=O)NC[C@](C)(O)c1cc2ccccc2s1. The fourth-order valence-electron chi connectivity index (χ4n) is 2.53. The molecule has 0 saturated heterocycles. The predicted molar refractivity (Wildman–Crippen MR) is 106 cm³/mol. The molecule has 0 saturated carbocycles. The van der Waals surface area contributed by atoms with E-state index in [1.165, 1.54) is 18.4 Å². The lowest BCUT2D eigenvalue weighted by Gasteiger charge is -2.22. The summed E-state index contributed by atoms with van der Waals surface area (Å²) < 4.78 is 6.29. The van der Waals surface area contributed by atoms with Crippen molar-refractivity contribution in [3.63, 3.8) is 0 Å². The number of rotatable bonds is 5. The van der Waals surface area contributed by atoms with E-state index < -0.39 is 11.6 Å². The van der Waals surface area contributed by atoms with Crippen LogP contribution in [0, 0.1) is 0 Å². The van der Waals surface area contributed by atoms with Crippen molar-refractivity contribution in [2.45, 2.75) is 12.5 Å². The number of thiophene rings is 1. The van der Waals surface area contributed by atoms with Gasteiger partial charge in [-0.25, -0.2) is 4.79 Å². The number of nitrogens with one attached hydrogen (secondary N) is 2. The van der Waals surface area contributed by atoms with Gasteiger partial charge in [-0.05, 0) is 42.6 Å². The van der Waals surface area contributed by atoms with Gasteiger partial charge < -0.3 is 20.5 Å². The molecule has 0 aliphatic carbocycles. The number of aliphatic hydroxyl groups is 1. The summed E-state index contributed by atoms with van der Waals surface area (Å²) >= 11 is 7.47. The van der Waals surface area contributed by atoms with E-state index in [0.29, 0.717) is 16.5 Å². The number of benzene rings is 2. The largest absolute Gasteiger partial charge is 0.495 e. The summed E-state index contributed by atoms with van der Waals surface area (Å²) in [5.74, 6) is 0.501. The van der Waals surface area contributed by atoms with Crippen LogP contribution in [-0.2, 0) is 5.60 Å². The molecule has 2 aromatic carbocycles. The lowest BCUT2D eigenvalue weighted by Crippen LogP contribution is -2.40. The number of amides is 2. The highest BCUT2D eigenvalue weighted by Crippen LogP contribution is 2.33. The number of hydrogen-bond donors (Lipinski definition) is 3. The molecule has 0 radical (unpaired) electrons. The maximum atomic E-state index is 12.2. The highest BCUT2D eigenvalue weighted by atomic mass is 35.5. The molecule has 136 valence electrons. The second-order valence-corrected chi connectivity index (χ2v) is 7.59. The molecule has 3 aromatic rings. The molecule has 1 heterocycles. The zero-order chi connectivity index (χ0) is 18.7. The number of anilines is 1. The molecule has 3 N–H and O–H groups in total. The molecular weight excluding hydrogens is 372 g/mol. The fourth-order valence-corrected chi connectivity index (χ4v) is 3.81. The Hall–Kier alpha value is -2.28. The average molecular weight is 391 g/mol. The minimum Gasteiger partial charge on any atom is -0.495 e. The lowest BCUT2D eigenvalue weighted by atomic mass is 10.0. The Morgan fingerprint density at radius 3 is 2.77 bits per heavy atom. The molecule has 5 nitrogen and oxygen atoms in total. The maximum Gasteiger partial charge on any atom is 0.319 e. The Labute approximate surface area is 160 Å². The molecular formula is C19H19ClN2O3S. The second-order valence-electron chi connectivity index (χ2n) is 6.07. The van der Waals surface area contributed by atoms with Gasteiger partial charge in [0.1, 0.15) is 11.4 Å². The second kappa shape index (κ2) is 7.53. The van der Waals surface area contributed by atoms with Gasteiger partial charge in [-0.15, -0.1) is 11.3 Å². The monoisotopic (exact) mass is 390 g/mol. The number of hydrogen-bond acceptors (Lipinski definition) is 4. The summed E-state index contributed by atoms with van der Waals surface area (Å²) in [6, 6.07) is 14.4. The third kappa shape index (κ3) is 4.09.